The average Bonchev–Trinajstić information content (AvgIpc) is 1.14. The van der Waals surface area contributed by atoms with Gasteiger partial charge in [0.15, 0.2) is 23.8 Å². The minimum absolute atomic E-state index is 0.00979. The Morgan fingerprint density at radius 3 is 0.900 bits per heavy atom. The molecule has 6 aromatic rings. The van der Waals surface area contributed by atoms with Gasteiger partial charge in [0.1, 0.15) is 36.3 Å². The Balaban J connectivity index is 1.32. The van der Waals surface area contributed by atoms with Crippen LogP contribution in [0.15, 0.2) is 147 Å². The smallest absolute Gasteiger partial charge is 0.326 e. The number of fused-ring (bicyclic) bond motifs is 3. The topological polar surface area (TPSA) is 496 Å². The van der Waals surface area contributed by atoms with Crippen molar-refractivity contribution in [1.29, 1.82) is 0 Å². The van der Waals surface area contributed by atoms with Crippen molar-refractivity contribution < 1.29 is 38.7 Å². The number of rotatable bonds is 35. The molecule has 6 rings (SSSR count). The van der Waals surface area contributed by atoms with Crippen molar-refractivity contribution in [2.45, 2.75) is 113 Å². The highest BCUT2D eigenvalue weighted by Crippen LogP contribution is 2.21. The third-order valence-corrected chi connectivity index (χ3v) is 14.7. The van der Waals surface area contributed by atoms with Crippen molar-refractivity contribution in [3.05, 3.63) is 144 Å². The number of nitrogens with two attached hydrogens (primary N) is 9. The first kappa shape index (κ1) is 68.5. The molecule has 90 heavy (non-hydrogen) atoms. The second kappa shape index (κ2) is 34.7. The maximum atomic E-state index is 15.2. The first-order valence-electron chi connectivity index (χ1n) is 29.6. The van der Waals surface area contributed by atoms with E-state index in [0.29, 0.717) is 23.1 Å². The second-order valence-corrected chi connectivity index (χ2v) is 21.8. The molecule has 0 aliphatic rings. The van der Waals surface area contributed by atoms with Gasteiger partial charge in [-0.15, -0.1) is 0 Å². The van der Waals surface area contributed by atoms with Gasteiger partial charge in [0.25, 0.3) is 0 Å². The van der Waals surface area contributed by atoms with E-state index in [4.69, 9.17) is 51.6 Å². The predicted octanol–water partition coefficient (Wildman–Crippen LogP) is -0.291. The van der Waals surface area contributed by atoms with Crippen molar-refractivity contribution >= 4 is 97.6 Å². The molecule has 27 nitrogen and oxygen atoms in total. The number of benzene rings is 6. The quantitative estimate of drug-likeness (QED) is 0.0138. The zero-order valence-corrected chi connectivity index (χ0v) is 50.1. The molecule has 478 valence electrons. The molecule has 0 aliphatic carbocycles. The normalized spacial score (nSPS) is 13.3. The summed E-state index contributed by atoms with van der Waals surface area (Å²) in [6, 6.07) is 29.8. The molecule has 7 atom stereocenters. The molecule has 0 bridgehead atoms. The zero-order valence-electron chi connectivity index (χ0n) is 50.1. The van der Waals surface area contributed by atoms with Gasteiger partial charge in [0, 0.05) is 45.4 Å². The standard InChI is InChI=1S/C63H83N19O8/c64-46(17-7-27-73-60(65)66)53(83)77-47(18-8-28-74-61(67)68)54(84)78-48(19-9-29-75-62(69)70)55(85)79-49(20-10-30-76-63(71)72)56(86)80-50(34-37-21-24-40-11-1-4-14-43(40)31-37)57(87)81-51(35-38-22-25-41-12-2-5-15-44(41)32-38)58(88)82-52(59(89)90)36-39-23-26-42-13-3-6-16-45(42)33-39/h1-6,11-16,21-26,31-33,46-52H,7-10,17-20,27-30,34-36,64H2,(H,77,83)(H,78,84)(H,79,85)(H,80,86)(H,81,87)(H,82,88)(H,89,90)(H4,65,66,73)(H4,67,68,74)(H4,69,70,75)(H4,71,72,76)/t46-,47-,48-,49-,50-,51-,52-/m0/s1. The average molecular weight is 1230 g/mol. The number of hydrogen-bond donors (Lipinski definition) is 16. The minimum Gasteiger partial charge on any atom is -0.480 e. The number of aliphatic carboxylic acids is 1. The van der Waals surface area contributed by atoms with Crippen molar-refractivity contribution in [2.75, 3.05) is 26.2 Å². The van der Waals surface area contributed by atoms with Crippen molar-refractivity contribution in [3.63, 3.8) is 0 Å². The summed E-state index contributed by atoms with van der Waals surface area (Å²) < 4.78 is 0. The number of hydrogen-bond acceptors (Lipinski definition) is 12. The van der Waals surface area contributed by atoms with Crippen LogP contribution >= 0.6 is 0 Å². The SMILES string of the molecule is NC(N)=NCCC[C@H](NC(=O)[C@H](CCCN=C(N)N)NC(=O)[C@H](CCCN=C(N)N)NC(=O)[C@@H](N)CCCN=C(N)N)C(=O)N[C@@H](Cc1ccc2ccccc2c1)C(=O)N[C@@H](Cc1ccc2ccccc2c1)C(=O)N[C@@H](Cc1ccc2ccccc2c1)C(=O)O. The van der Waals surface area contributed by atoms with E-state index >= 15 is 9.59 Å². The highest BCUT2D eigenvalue weighted by Gasteiger charge is 2.34. The highest BCUT2D eigenvalue weighted by molar-refractivity contribution is 5.98. The molecule has 0 saturated heterocycles. The largest absolute Gasteiger partial charge is 0.480 e. The van der Waals surface area contributed by atoms with Gasteiger partial charge in [-0.2, -0.15) is 0 Å². The first-order valence-corrected chi connectivity index (χ1v) is 29.6. The van der Waals surface area contributed by atoms with Crippen LogP contribution in [0.1, 0.15) is 68.1 Å². The highest BCUT2D eigenvalue weighted by atomic mass is 16.4. The van der Waals surface area contributed by atoms with E-state index in [0.717, 1.165) is 32.3 Å². The summed E-state index contributed by atoms with van der Waals surface area (Å²) in [5, 5.41) is 32.4. The van der Waals surface area contributed by atoms with Crippen molar-refractivity contribution in [1.82, 2.24) is 31.9 Å². The molecular formula is C63H83N19O8. The summed E-state index contributed by atoms with van der Waals surface area (Å²) >= 11 is 0. The predicted molar refractivity (Wildman–Crippen MR) is 350 cm³/mol. The van der Waals surface area contributed by atoms with Crippen molar-refractivity contribution in [2.24, 2.45) is 71.6 Å². The van der Waals surface area contributed by atoms with Gasteiger partial charge in [-0.1, -0.05) is 127 Å². The van der Waals surface area contributed by atoms with Crippen LogP contribution in [0.4, 0.5) is 0 Å². The number of carboxylic acids is 1. The fourth-order valence-electron chi connectivity index (χ4n) is 10.0. The molecule has 6 aromatic carbocycles. The van der Waals surface area contributed by atoms with Crippen LogP contribution in [0.5, 0.6) is 0 Å². The summed E-state index contributed by atoms with van der Waals surface area (Å²) in [6.45, 7) is 0.334. The number of carbonyl (C=O) groups is 7. The molecule has 6 amide bonds. The van der Waals surface area contributed by atoms with E-state index in [1.807, 2.05) is 109 Å². The van der Waals surface area contributed by atoms with Crippen LogP contribution in [0.25, 0.3) is 32.3 Å². The van der Waals surface area contributed by atoms with Crippen LogP contribution in [-0.4, -0.2) is 139 Å². The fraction of sp³-hybridized carbons (Fsp3) is 0.349. The third kappa shape index (κ3) is 22.6. The monoisotopic (exact) mass is 1230 g/mol. The summed E-state index contributed by atoms with van der Waals surface area (Å²) in [6.07, 6.45) is 0.413. The third-order valence-electron chi connectivity index (χ3n) is 14.7. The lowest BCUT2D eigenvalue weighted by Gasteiger charge is -2.28. The molecule has 25 N–H and O–H groups in total. The van der Waals surface area contributed by atoms with Gasteiger partial charge in [0.2, 0.25) is 35.4 Å². The second-order valence-electron chi connectivity index (χ2n) is 21.8. The number of guanidine groups is 4. The van der Waals surface area contributed by atoms with Gasteiger partial charge in [-0.05, 0) is 100 Å². The van der Waals surface area contributed by atoms with Gasteiger partial charge in [-0.3, -0.25) is 48.7 Å². The van der Waals surface area contributed by atoms with Crippen LogP contribution in [0, 0.1) is 0 Å². The number of nitrogens with one attached hydrogen (secondary N) is 6. The lowest BCUT2D eigenvalue weighted by Crippen LogP contribution is -2.60. The van der Waals surface area contributed by atoms with Gasteiger partial charge < -0.3 is 88.6 Å². The maximum absolute atomic E-state index is 15.2. The lowest BCUT2D eigenvalue weighted by atomic mass is 9.98. The number of carboxylic acid groups (broad SMARTS) is 1. The van der Waals surface area contributed by atoms with Gasteiger partial charge in [-0.25, -0.2) is 4.79 Å². The van der Waals surface area contributed by atoms with Crippen molar-refractivity contribution in [3.8, 4) is 0 Å². The molecular weight excluding hydrogens is 1150 g/mol. The molecule has 0 fully saturated rings. The molecule has 0 spiro atoms. The fourth-order valence-corrected chi connectivity index (χ4v) is 10.0. The Bertz CT molecular complexity index is 3580. The number of carbonyl (C=O) groups excluding carboxylic acids is 6. The minimum atomic E-state index is -1.45. The number of aliphatic imine (C=N–C) groups is 4. The van der Waals surface area contributed by atoms with E-state index in [-0.39, 0.29) is 114 Å². The Hall–Kier alpha value is -10.6. The first-order chi connectivity index (χ1) is 43.1. The Morgan fingerprint density at radius 2 is 0.589 bits per heavy atom. The molecule has 27 heteroatoms. The molecule has 0 saturated carbocycles. The molecule has 0 unspecified atom stereocenters. The van der Waals surface area contributed by atoms with E-state index < -0.39 is 83.7 Å². The lowest BCUT2D eigenvalue weighted by molar-refractivity contribution is -0.142. The Labute approximate surface area is 520 Å². The van der Waals surface area contributed by atoms with Crippen LogP contribution in [-0.2, 0) is 52.8 Å². The Kier molecular flexibility index (Phi) is 26.4. The summed E-state index contributed by atoms with van der Waals surface area (Å²) in [7, 11) is 0. The molecule has 0 radical (unpaired) electrons. The van der Waals surface area contributed by atoms with E-state index in [1.54, 1.807) is 18.2 Å². The Morgan fingerprint density at radius 1 is 0.333 bits per heavy atom. The molecule has 0 aliphatic heterocycles. The van der Waals surface area contributed by atoms with Crippen LogP contribution in [0.2, 0.25) is 0 Å². The van der Waals surface area contributed by atoms with E-state index in [2.05, 4.69) is 51.9 Å². The van der Waals surface area contributed by atoms with Gasteiger partial charge in [0.05, 0.1) is 6.04 Å². The summed E-state index contributed by atoms with van der Waals surface area (Å²) in [5.41, 5.74) is 52.6. The molecule has 0 heterocycles. The summed E-state index contributed by atoms with van der Waals surface area (Å²) in [5.74, 6) is -6.90. The molecule has 0 aromatic heterocycles. The van der Waals surface area contributed by atoms with Crippen LogP contribution < -0.4 is 83.5 Å². The maximum Gasteiger partial charge on any atom is 0.326 e. The van der Waals surface area contributed by atoms with Crippen LogP contribution in [0.3, 0.4) is 0 Å². The van der Waals surface area contributed by atoms with E-state index in [1.165, 1.54) is 0 Å². The number of amides is 6. The van der Waals surface area contributed by atoms with E-state index in [9.17, 15) is 29.1 Å². The number of nitrogens with zero attached hydrogens (tertiary/aromatic N) is 4. The van der Waals surface area contributed by atoms with Gasteiger partial charge >= 0.3 is 5.97 Å². The zero-order chi connectivity index (χ0) is 65.1. The summed E-state index contributed by atoms with van der Waals surface area (Å²) in [4.78, 5) is 116.